The largest absolute Gasteiger partial charge is 0.332 e. The maximum Gasteiger partial charge on any atom is 0.256 e. The van der Waals surface area contributed by atoms with Crippen LogP contribution in [0.3, 0.4) is 0 Å². The van der Waals surface area contributed by atoms with E-state index >= 15 is 0 Å². The van der Waals surface area contributed by atoms with Crippen LogP contribution in [0.2, 0.25) is 10.0 Å². The normalized spacial score (nSPS) is 10.7. The Morgan fingerprint density at radius 3 is 2.76 bits per heavy atom. The van der Waals surface area contributed by atoms with Crippen LogP contribution < -0.4 is 5.32 Å². The van der Waals surface area contributed by atoms with Crippen molar-refractivity contribution < 1.29 is 9.59 Å². The second-order valence-corrected chi connectivity index (χ2v) is 6.29. The van der Waals surface area contributed by atoms with E-state index < -0.39 is 0 Å². The number of anilines is 1. The molecule has 0 saturated heterocycles. The fraction of sp³-hybridized carbons (Fsp3) is 0.118. The van der Waals surface area contributed by atoms with Crippen molar-refractivity contribution in [2.45, 2.75) is 0 Å². The number of hydrogen-bond donors (Lipinski definition) is 2. The molecule has 8 heteroatoms. The summed E-state index contributed by atoms with van der Waals surface area (Å²) in [4.78, 5) is 26.1. The molecule has 0 bridgehead atoms. The first kappa shape index (κ1) is 17.3. The van der Waals surface area contributed by atoms with Crippen molar-refractivity contribution in [3.8, 4) is 0 Å². The van der Waals surface area contributed by atoms with Crippen LogP contribution in [0.25, 0.3) is 10.9 Å². The SMILES string of the molecule is CN(CC(=O)Nc1ccc(Cl)c(Cl)c1)C(=O)c1cccc2cn[nH]c12. The van der Waals surface area contributed by atoms with Gasteiger partial charge < -0.3 is 10.2 Å². The smallest absolute Gasteiger partial charge is 0.256 e. The molecule has 0 radical (unpaired) electrons. The Balaban J connectivity index is 1.69. The van der Waals surface area contributed by atoms with Crippen molar-refractivity contribution >= 4 is 51.6 Å². The third-order valence-corrected chi connectivity index (χ3v) is 4.38. The number of nitrogens with one attached hydrogen (secondary N) is 2. The van der Waals surface area contributed by atoms with E-state index in [1.807, 2.05) is 6.07 Å². The predicted molar refractivity (Wildman–Crippen MR) is 98.1 cm³/mol. The zero-order valence-corrected chi connectivity index (χ0v) is 14.7. The average molecular weight is 377 g/mol. The number of halogens is 2. The summed E-state index contributed by atoms with van der Waals surface area (Å²) < 4.78 is 0. The molecule has 6 nitrogen and oxygen atoms in total. The molecule has 128 valence electrons. The monoisotopic (exact) mass is 376 g/mol. The average Bonchev–Trinajstić information content (AvgIpc) is 3.06. The number of carbonyl (C=O) groups excluding carboxylic acids is 2. The Hall–Kier alpha value is -2.57. The van der Waals surface area contributed by atoms with Crippen molar-refractivity contribution in [3.63, 3.8) is 0 Å². The Labute approximate surface area is 153 Å². The predicted octanol–water partition coefficient (Wildman–Crippen LogP) is 3.58. The molecule has 0 spiro atoms. The Morgan fingerprint density at radius 1 is 1.20 bits per heavy atom. The fourth-order valence-electron chi connectivity index (χ4n) is 2.41. The lowest BCUT2D eigenvalue weighted by Crippen LogP contribution is -2.35. The topological polar surface area (TPSA) is 78.1 Å². The molecule has 0 unspecified atom stereocenters. The number of fused-ring (bicyclic) bond motifs is 1. The van der Waals surface area contributed by atoms with Gasteiger partial charge in [0.15, 0.2) is 0 Å². The molecular formula is C17H14Cl2N4O2. The van der Waals surface area contributed by atoms with E-state index in [4.69, 9.17) is 23.2 Å². The molecule has 1 aromatic heterocycles. The van der Waals surface area contributed by atoms with E-state index in [1.54, 1.807) is 43.6 Å². The van der Waals surface area contributed by atoms with Crippen LogP contribution in [-0.2, 0) is 4.79 Å². The second-order valence-electron chi connectivity index (χ2n) is 5.48. The molecule has 2 amide bonds. The molecule has 0 aliphatic heterocycles. The van der Waals surface area contributed by atoms with Crippen molar-refractivity contribution in [1.29, 1.82) is 0 Å². The summed E-state index contributed by atoms with van der Waals surface area (Å²) in [5, 5.41) is 11.0. The number of benzene rings is 2. The molecule has 0 saturated carbocycles. The number of hydrogen-bond acceptors (Lipinski definition) is 3. The van der Waals surface area contributed by atoms with Gasteiger partial charge in [0, 0.05) is 18.1 Å². The van der Waals surface area contributed by atoms with Crippen LogP contribution in [0.5, 0.6) is 0 Å². The minimum absolute atomic E-state index is 0.108. The maximum atomic E-state index is 12.6. The van der Waals surface area contributed by atoms with Gasteiger partial charge in [-0.2, -0.15) is 5.10 Å². The van der Waals surface area contributed by atoms with Gasteiger partial charge in [-0.1, -0.05) is 35.3 Å². The molecule has 0 aliphatic carbocycles. The molecule has 3 rings (SSSR count). The van der Waals surface area contributed by atoms with E-state index in [2.05, 4.69) is 15.5 Å². The molecular weight excluding hydrogens is 363 g/mol. The van der Waals surface area contributed by atoms with Gasteiger partial charge in [-0.25, -0.2) is 0 Å². The van der Waals surface area contributed by atoms with Crippen molar-refractivity contribution in [3.05, 3.63) is 58.2 Å². The van der Waals surface area contributed by atoms with Gasteiger partial charge in [-0.3, -0.25) is 14.7 Å². The molecule has 25 heavy (non-hydrogen) atoms. The molecule has 0 atom stereocenters. The van der Waals surface area contributed by atoms with Gasteiger partial charge in [0.25, 0.3) is 5.91 Å². The number of nitrogens with zero attached hydrogens (tertiary/aromatic N) is 2. The van der Waals surface area contributed by atoms with Crippen LogP contribution in [0, 0.1) is 0 Å². The summed E-state index contributed by atoms with van der Waals surface area (Å²) >= 11 is 11.8. The number of likely N-dealkylation sites (N-methyl/N-ethyl adjacent to an activating group) is 1. The molecule has 3 aromatic rings. The minimum atomic E-state index is -0.342. The molecule has 2 N–H and O–H groups in total. The molecule has 1 heterocycles. The summed E-state index contributed by atoms with van der Waals surface area (Å²) in [6.07, 6.45) is 1.64. The fourth-order valence-corrected chi connectivity index (χ4v) is 2.71. The number of rotatable bonds is 4. The Kier molecular flexibility index (Phi) is 4.92. The summed E-state index contributed by atoms with van der Waals surface area (Å²) in [5.74, 6) is -0.620. The molecule has 0 fully saturated rings. The zero-order valence-electron chi connectivity index (χ0n) is 13.2. The number of carbonyl (C=O) groups is 2. The highest BCUT2D eigenvalue weighted by Crippen LogP contribution is 2.25. The molecule has 0 aliphatic rings. The van der Waals surface area contributed by atoms with Crippen molar-refractivity contribution in [1.82, 2.24) is 15.1 Å². The highest BCUT2D eigenvalue weighted by Gasteiger charge is 2.18. The van der Waals surface area contributed by atoms with Gasteiger partial charge >= 0.3 is 0 Å². The van der Waals surface area contributed by atoms with E-state index in [1.165, 1.54) is 4.90 Å². The van der Waals surface area contributed by atoms with Gasteiger partial charge in [0.1, 0.15) is 0 Å². The van der Waals surface area contributed by atoms with Gasteiger partial charge in [-0.15, -0.1) is 0 Å². The van der Waals surface area contributed by atoms with Crippen molar-refractivity contribution in [2.24, 2.45) is 0 Å². The standard InChI is InChI=1S/C17H14Cl2N4O2/c1-23(9-15(24)21-11-5-6-13(18)14(19)7-11)17(25)12-4-2-3-10-8-20-22-16(10)12/h2-8H,9H2,1H3,(H,20,22)(H,21,24). The van der Waals surface area contributed by atoms with E-state index in [0.29, 0.717) is 26.8 Å². The number of amides is 2. The summed E-state index contributed by atoms with van der Waals surface area (Å²) in [6.45, 7) is -0.108. The Bertz CT molecular complexity index is 955. The van der Waals surface area contributed by atoms with Crippen LogP contribution in [-0.4, -0.2) is 40.5 Å². The van der Waals surface area contributed by atoms with Crippen LogP contribution in [0.4, 0.5) is 5.69 Å². The lowest BCUT2D eigenvalue weighted by molar-refractivity contribution is -0.116. The first-order valence-corrected chi connectivity index (χ1v) is 8.14. The number of aromatic amines is 1. The van der Waals surface area contributed by atoms with Crippen LogP contribution in [0.15, 0.2) is 42.6 Å². The maximum absolute atomic E-state index is 12.6. The highest BCUT2D eigenvalue weighted by molar-refractivity contribution is 6.42. The van der Waals surface area contributed by atoms with Gasteiger partial charge in [0.2, 0.25) is 5.91 Å². The highest BCUT2D eigenvalue weighted by atomic mass is 35.5. The van der Waals surface area contributed by atoms with Crippen molar-refractivity contribution in [2.75, 3.05) is 18.9 Å². The number of aromatic nitrogens is 2. The van der Waals surface area contributed by atoms with Crippen LogP contribution >= 0.6 is 23.2 Å². The second kappa shape index (κ2) is 7.13. The summed E-state index contributed by atoms with van der Waals surface area (Å²) in [5.41, 5.74) is 1.61. The number of H-pyrrole nitrogens is 1. The van der Waals surface area contributed by atoms with Gasteiger partial charge in [0.05, 0.1) is 33.9 Å². The third kappa shape index (κ3) is 3.75. The van der Waals surface area contributed by atoms with Crippen LogP contribution in [0.1, 0.15) is 10.4 Å². The van der Waals surface area contributed by atoms with E-state index in [0.717, 1.165) is 5.39 Å². The first-order valence-electron chi connectivity index (χ1n) is 7.38. The first-order chi connectivity index (χ1) is 12.0. The lowest BCUT2D eigenvalue weighted by Gasteiger charge is -2.17. The summed E-state index contributed by atoms with van der Waals surface area (Å²) in [6, 6.07) is 10.1. The summed E-state index contributed by atoms with van der Waals surface area (Å²) in [7, 11) is 1.56. The minimum Gasteiger partial charge on any atom is -0.332 e. The zero-order chi connectivity index (χ0) is 18.0. The third-order valence-electron chi connectivity index (χ3n) is 3.64. The lowest BCUT2D eigenvalue weighted by atomic mass is 10.1. The van der Waals surface area contributed by atoms with E-state index in [-0.39, 0.29) is 18.4 Å². The quantitative estimate of drug-likeness (QED) is 0.730. The molecule has 2 aromatic carbocycles. The Morgan fingerprint density at radius 2 is 2.00 bits per heavy atom. The number of para-hydroxylation sites is 1. The van der Waals surface area contributed by atoms with Gasteiger partial charge in [-0.05, 0) is 24.3 Å². The van der Waals surface area contributed by atoms with E-state index in [9.17, 15) is 9.59 Å².